The molecule has 116 valence electrons. The van der Waals surface area contributed by atoms with Gasteiger partial charge in [-0.1, -0.05) is 18.5 Å². The van der Waals surface area contributed by atoms with Gasteiger partial charge in [-0.3, -0.25) is 9.59 Å². The van der Waals surface area contributed by atoms with Gasteiger partial charge in [0.1, 0.15) is 0 Å². The summed E-state index contributed by atoms with van der Waals surface area (Å²) in [5.74, 6) is -0.327. The second-order valence-electron chi connectivity index (χ2n) is 5.13. The molecule has 1 aromatic carbocycles. The first-order valence-corrected chi connectivity index (χ1v) is 7.27. The van der Waals surface area contributed by atoms with E-state index < -0.39 is 0 Å². The summed E-state index contributed by atoms with van der Waals surface area (Å²) in [6.07, 6.45) is 0.945. The van der Waals surface area contributed by atoms with Gasteiger partial charge in [0, 0.05) is 25.7 Å². The average molecular weight is 312 g/mol. The van der Waals surface area contributed by atoms with Crippen LogP contribution in [0.2, 0.25) is 5.02 Å². The standard InChI is InChI=1S/C15H22ClN3O2/c1-5-10(2)17-9-14(20)18-13-8-11(6-7-12(13)16)15(21)19(3)4/h6-8,10,17H,5,9H2,1-4H3,(H,18,20). The van der Waals surface area contributed by atoms with Crippen LogP contribution in [0.3, 0.4) is 0 Å². The van der Waals surface area contributed by atoms with Gasteiger partial charge >= 0.3 is 0 Å². The number of carbonyl (C=O) groups is 2. The summed E-state index contributed by atoms with van der Waals surface area (Å²) >= 11 is 6.05. The van der Waals surface area contributed by atoms with Gasteiger partial charge in [0.25, 0.3) is 5.91 Å². The molecule has 0 saturated carbocycles. The summed E-state index contributed by atoms with van der Waals surface area (Å²) in [7, 11) is 3.34. The normalized spacial score (nSPS) is 11.9. The minimum Gasteiger partial charge on any atom is -0.345 e. The van der Waals surface area contributed by atoms with Crippen LogP contribution in [-0.2, 0) is 4.79 Å². The Morgan fingerprint density at radius 3 is 2.57 bits per heavy atom. The Morgan fingerprint density at radius 1 is 1.33 bits per heavy atom. The number of benzene rings is 1. The molecule has 0 radical (unpaired) electrons. The number of anilines is 1. The van der Waals surface area contributed by atoms with Crippen LogP contribution in [-0.4, -0.2) is 43.4 Å². The summed E-state index contributed by atoms with van der Waals surface area (Å²) in [6, 6.07) is 5.10. The number of hydrogen-bond acceptors (Lipinski definition) is 3. The van der Waals surface area contributed by atoms with Crippen molar-refractivity contribution in [2.24, 2.45) is 0 Å². The zero-order valence-electron chi connectivity index (χ0n) is 12.9. The molecule has 5 nitrogen and oxygen atoms in total. The molecule has 0 saturated heterocycles. The smallest absolute Gasteiger partial charge is 0.253 e. The summed E-state index contributed by atoms with van der Waals surface area (Å²) in [5, 5.41) is 6.22. The molecule has 6 heteroatoms. The quantitative estimate of drug-likeness (QED) is 0.848. The van der Waals surface area contributed by atoms with Crippen LogP contribution in [0.25, 0.3) is 0 Å². The van der Waals surface area contributed by atoms with Crippen molar-refractivity contribution >= 4 is 29.1 Å². The first-order valence-electron chi connectivity index (χ1n) is 6.89. The van der Waals surface area contributed by atoms with Crippen LogP contribution < -0.4 is 10.6 Å². The van der Waals surface area contributed by atoms with Gasteiger partial charge in [-0.25, -0.2) is 0 Å². The molecule has 1 atom stereocenters. The molecule has 2 amide bonds. The van der Waals surface area contributed by atoms with E-state index in [0.29, 0.717) is 16.3 Å². The van der Waals surface area contributed by atoms with Crippen LogP contribution in [0.4, 0.5) is 5.69 Å². The van der Waals surface area contributed by atoms with E-state index in [1.807, 2.05) is 13.8 Å². The third kappa shape index (κ3) is 5.36. The third-order valence-corrected chi connectivity index (χ3v) is 3.45. The van der Waals surface area contributed by atoms with Gasteiger partial charge in [0.15, 0.2) is 0 Å². The Hall–Kier alpha value is -1.59. The van der Waals surface area contributed by atoms with Crippen molar-refractivity contribution in [2.45, 2.75) is 26.3 Å². The lowest BCUT2D eigenvalue weighted by atomic mass is 10.1. The SMILES string of the molecule is CCC(C)NCC(=O)Nc1cc(C(=O)N(C)C)ccc1Cl. The predicted molar refractivity (Wildman–Crippen MR) is 85.9 cm³/mol. The highest BCUT2D eigenvalue weighted by Crippen LogP contribution is 2.23. The lowest BCUT2D eigenvalue weighted by Gasteiger charge is -2.14. The zero-order valence-corrected chi connectivity index (χ0v) is 13.6. The second kappa shape index (κ2) is 8.00. The maximum Gasteiger partial charge on any atom is 0.253 e. The van der Waals surface area contributed by atoms with E-state index in [1.54, 1.807) is 32.3 Å². The summed E-state index contributed by atoms with van der Waals surface area (Å²) in [5.41, 5.74) is 0.926. The molecule has 0 heterocycles. The topological polar surface area (TPSA) is 61.4 Å². The number of nitrogens with one attached hydrogen (secondary N) is 2. The molecule has 0 aromatic heterocycles. The van der Waals surface area contributed by atoms with E-state index in [1.165, 1.54) is 4.90 Å². The molecule has 0 aliphatic heterocycles. The Morgan fingerprint density at radius 2 is 2.00 bits per heavy atom. The molecule has 0 aliphatic rings. The highest BCUT2D eigenvalue weighted by molar-refractivity contribution is 6.33. The fourth-order valence-electron chi connectivity index (χ4n) is 1.62. The third-order valence-electron chi connectivity index (χ3n) is 3.12. The molecule has 0 fully saturated rings. The number of hydrogen-bond donors (Lipinski definition) is 2. The van der Waals surface area contributed by atoms with Crippen molar-refractivity contribution in [3.05, 3.63) is 28.8 Å². The van der Waals surface area contributed by atoms with Crippen molar-refractivity contribution < 1.29 is 9.59 Å². The lowest BCUT2D eigenvalue weighted by molar-refractivity contribution is -0.115. The Balaban J connectivity index is 2.76. The Kier molecular flexibility index (Phi) is 6.65. The molecule has 21 heavy (non-hydrogen) atoms. The summed E-state index contributed by atoms with van der Waals surface area (Å²) < 4.78 is 0. The van der Waals surface area contributed by atoms with Crippen LogP contribution in [0.5, 0.6) is 0 Å². The molecular formula is C15H22ClN3O2. The van der Waals surface area contributed by atoms with Crippen molar-refractivity contribution in [1.82, 2.24) is 10.2 Å². The van der Waals surface area contributed by atoms with Crippen LogP contribution >= 0.6 is 11.6 Å². The summed E-state index contributed by atoms with van der Waals surface area (Å²) in [4.78, 5) is 25.2. The highest BCUT2D eigenvalue weighted by atomic mass is 35.5. The first kappa shape index (κ1) is 17.5. The van der Waals surface area contributed by atoms with E-state index in [0.717, 1.165) is 6.42 Å². The number of carbonyl (C=O) groups excluding carboxylic acids is 2. The number of rotatable bonds is 6. The van der Waals surface area contributed by atoms with Crippen molar-refractivity contribution in [3.63, 3.8) is 0 Å². The zero-order chi connectivity index (χ0) is 16.0. The molecule has 0 aliphatic carbocycles. The van der Waals surface area contributed by atoms with E-state index in [4.69, 9.17) is 11.6 Å². The lowest BCUT2D eigenvalue weighted by Crippen LogP contribution is -2.34. The van der Waals surface area contributed by atoms with Crippen LogP contribution in [0.15, 0.2) is 18.2 Å². The summed E-state index contributed by atoms with van der Waals surface area (Å²) in [6.45, 7) is 4.26. The fraction of sp³-hybridized carbons (Fsp3) is 0.467. The van der Waals surface area contributed by atoms with E-state index >= 15 is 0 Å². The average Bonchev–Trinajstić information content (AvgIpc) is 2.46. The predicted octanol–water partition coefficient (Wildman–Crippen LogP) is 2.37. The number of amides is 2. The van der Waals surface area contributed by atoms with Crippen molar-refractivity contribution in [1.29, 1.82) is 0 Å². The van der Waals surface area contributed by atoms with Gasteiger partial charge < -0.3 is 15.5 Å². The van der Waals surface area contributed by atoms with E-state index in [2.05, 4.69) is 10.6 Å². The molecular weight excluding hydrogens is 290 g/mol. The highest BCUT2D eigenvalue weighted by Gasteiger charge is 2.12. The van der Waals surface area contributed by atoms with Gasteiger partial charge in [-0.05, 0) is 31.5 Å². The van der Waals surface area contributed by atoms with Crippen LogP contribution in [0, 0.1) is 0 Å². The molecule has 1 rings (SSSR count). The second-order valence-corrected chi connectivity index (χ2v) is 5.54. The maximum atomic E-state index is 11.9. The fourth-order valence-corrected chi connectivity index (χ4v) is 1.78. The maximum absolute atomic E-state index is 11.9. The minimum absolute atomic E-state index is 0.139. The van der Waals surface area contributed by atoms with Crippen LogP contribution in [0.1, 0.15) is 30.6 Å². The van der Waals surface area contributed by atoms with Gasteiger partial charge in [0.2, 0.25) is 5.91 Å². The van der Waals surface area contributed by atoms with Crippen molar-refractivity contribution in [2.75, 3.05) is 26.0 Å². The monoisotopic (exact) mass is 311 g/mol. The molecule has 0 bridgehead atoms. The number of halogens is 1. The molecule has 1 unspecified atom stereocenters. The minimum atomic E-state index is -0.188. The van der Waals surface area contributed by atoms with Crippen molar-refractivity contribution in [3.8, 4) is 0 Å². The number of nitrogens with zero attached hydrogens (tertiary/aromatic N) is 1. The first-order chi connectivity index (χ1) is 9.85. The molecule has 1 aromatic rings. The van der Waals surface area contributed by atoms with E-state index in [9.17, 15) is 9.59 Å². The van der Waals surface area contributed by atoms with Gasteiger partial charge in [0.05, 0.1) is 17.3 Å². The Labute approximate surface area is 130 Å². The largest absolute Gasteiger partial charge is 0.345 e. The molecule has 0 spiro atoms. The molecule has 2 N–H and O–H groups in total. The van der Waals surface area contributed by atoms with E-state index in [-0.39, 0.29) is 24.4 Å². The Bertz CT molecular complexity index is 518. The van der Waals surface area contributed by atoms with Gasteiger partial charge in [-0.15, -0.1) is 0 Å². The van der Waals surface area contributed by atoms with Gasteiger partial charge in [-0.2, -0.15) is 0 Å².